The van der Waals surface area contributed by atoms with E-state index in [0.29, 0.717) is 51.1 Å². The summed E-state index contributed by atoms with van der Waals surface area (Å²) in [5, 5.41) is 27.9. The zero-order chi connectivity index (χ0) is 22.6. The van der Waals surface area contributed by atoms with Crippen molar-refractivity contribution in [3.05, 3.63) is 33.4 Å². The summed E-state index contributed by atoms with van der Waals surface area (Å²) in [7, 11) is 0. The van der Waals surface area contributed by atoms with E-state index in [1.807, 2.05) is 19.1 Å². The first-order valence-corrected chi connectivity index (χ1v) is 10.3. The molecule has 0 fully saturated rings. The average Bonchev–Trinajstić information content (AvgIpc) is 2.70. The fourth-order valence-electron chi connectivity index (χ4n) is 3.15. The Balaban J connectivity index is 1.58. The summed E-state index contributed by atoms with van der Waals surface area (Å²) in [5.74, 6) is 0.525. The Morgan fingerprint density at radius 2 is 2.13 bits per heavy atom. The first-order valence-electron chi connectivity index (χ1n) is 10.3. The Kier molecular flexibility index (Phi) is 9.98. The summed E-state index contributed by atoms with van der Waals surface area (Å²) in [5.41, 5.74) is 2.67. The highest BCUT2D eigenvalue weighted by atomic mass is 16.9. The quantitative estimate of drug-likeness (QED) is 0.188. The van der Waals surface area contributed by atoms with Gasteiger partial charge in [-0.25, -0.2) is 0 Å². The molecule has 0 bridgehead atoms. The third-order valence-corrected chi connectivity index (χ3v) is 4.66. The summed E-state index contributed by atoms with van der Waals surface area (Å²) in [6.45, 7) is 3.21. The van der Waals surface area contributed by atoms with Crippen molar-refractivity contribution in [1.82, 2.24) is 10.6 Å². The van der Waals surface area contributed by atoms with Gasteiger partial charge >= 0.3 is 0 Å². The van der Waals surface area contributed by atoms with E-state index in [2.05, 4.69) is 20.8 Å². The van der Waals surface area contributed by atoms with Gasteiger partial charge in [0.05, 0.1) is 6.61 Å². The summed E-state index contributed by atoms with van der Waals surface area (Å²) in [4.78, 5) is 37.4. The molecule has 1 aliphatic rings. The minimum absolute atomic E-state index is 0.00997. The Labute approximate surface area is 180 Å². The lowest BCUT2D eigenvalue weighted by molar-refractivity contribution is -0.757. The number of nitrogens with one attached hydrogen (secondary N) is 3. The van der Waals surface area contributed by atoms with Gasteiger partial charge in [0.2, 0.25) is 11.8 Å². The molecule has 1 aliphatic heterocycles. The molecule has 0 aromatic heterocycles. The van der Waals surface area contributed by atoms with Crippen LogP contribution in [-0.2, 0) is 20.8 Å². The van der Waals surface area contributed by atoms with Gasteiger partial charge in [0, 0.05) is 43.7 Å². The predicted molar refractivity (Wildman–Crippen MR) is 112 cm³/mol. The van der Waals surface area contributed by atoms with Gasteiger partial charge < -0.3 is 30.6 Å². The molecule has 0 saturated heterocycles. The van der Waals surface area contributed by atoms with E-state index in [4.69, 9.17) is 4.74 Å². The van der Waals surface area contributed by atoms with Crippen molar-refractivity contribution in [3.63, 3.8) is 0 Å². The Morgan fingerprint density at radius 1 is 1.32 bits per heavy atom. The maximum atomic E-state index is 11.7. The third-order valence-electron chi connectivity index (χ3n) is 4.66. The highest BCUT2D eigenvalue weighted by Gasteiger charge is 2.19. The van der Waals surface area contributed by atoms with Crippen molar-refractivity contribution in [1.29, 1.82) is 0 Å². The smallest absolute Gasteiger partial charge is 0.294 e. The molecule has 2 rings (SSSR count). The van der Waals surface area contributed by atoms with Crippen LogP contribution in [0.2, 0.25) is 0 Å². The monoisotopic (exact) mass is 438 g/mol. The highest BCUT2D eigenvalue weighted by molar-refractivity contribution is 5.94. The fourth-order valence-corrected chi connectivity index (χ4v) is 3.15. The zero-order valence-corrected chi connectivity index (χ0v) is 17.6. The topological polar surface area (TPSA) is 152 Å². The van der Waals surface area contributed by atoms with Crippen molar-refractivity contribution in [3.8, 4) is 5.75 Å². The van der Waals surface area contributed by atoms with Crippen molar-refractivity contribution in [2.24, 2.45) is 0 Å². The number of anilines is 1. The van der Waals surface area contributed by atoms with Gasteiger partial charge in [0.1, 0.15) is 18.5 Å². The van der Waals surface area contributed by atoms with Crippen molar-refractivity contribution in [2.75, 3.05) is 38.2 Å². The second-order valence-electron chi connectivity index (χ2n) is 7.37. The van der Waals surface area contributed by atoms with Crippen LogP contribution in [-0.4, -0.2) is 61.0 Å². The van der Waals surface area contributed by atoms with Gasteiger partial charge in [-0.3, -0.25) is 9.59 Å². The summed E-state index contributed by atoms with van der Waals surface area (Å²) in [6.07, 6.45) is 1.51. The molecule has 4 N–H and O–H groups in total. The normalized spacial score (nSPS) is 13.7. The van der Waals surface area contributed by atoms with Crippen LogP contribution in [0.5, 0.6) is 5.75 Å². The van der Waals surface area contributed by atoms with Gasteiger partial charge in [-0.15, -0.1) is 10.1 Å². The predicted octanol–water partition coefficient (Wildman–Crippen LogP) is 0.704. The van der Waals surface area contributed by atoms with Crippen LogP contribution in [0.25, 0.3) is 0 Å². The number of aliphatic hydroxyl groups excluding tert-OH is 1. The van der Waals surface area contributed by atoms with E-state index >= 15 is 0 Å². The second-order valence-corrected chi connectivity index (χ2v) is 7.37. The first-order chi connectivity index (χ1) is 14.8. The molecule has 11 heteroatoms. The lowest BCUT2D eigenvalue weighted by atomic mass is 10.00. The molecule has 1 atom stereocenters. The maximum absolute atomic E-state index is 11.7. The van der Waals surface area contributed by atoms with Crippen LogP contribution in [0.15, 0.2) is 12.1 Å². The van der Waals surface area contributed by atoms with E-state index in [1.54, 1.807) is 0 Å². The molecule has 1 unspecified atom stereocenters. The number of carbonyl (C=O) groups excluding carboxylic acids is 2. The van der Waals surface area contributed by atoms with Gasteiger partial charge in [-0.2, -0.15) is 0 Å². The van der Waals surface area contributed by atoms with Crippen molar-refractivity contribution in [2.45, 2.75) is 45.1 Å². The molecular weight excluding hydrogens is 408 g/mol. The molecule has 0 radical (unpaired) electrons. The lowest BCUT2D eigenvalue weighted by Gasteiger charge is -2.22. The van der Waals surface area contributed by atoms with E-state index in [0.717, 1.165) is 16.8 Å². The molecule has 1 aromatic carbocycles. The number of carbonyl (C=O) groups is 2. The molecule has 0 spiro atoms. The zero-order valence-electron chi connectivity index (χ0n) is 17.6. The molecule has 1 aromatic rings. The van der Waals surface area contributed by atoms with Gasteiger partial charge in [0.15, 0.2) is 0 Å². The highest BCUT2D eigenvalue weighted by Crippen LogP contribution is 2.32. The van der Waals surface area contributed by atoms with Crippen molar-refractivity contribution >= 4 is 17.5 Å². The number of benzene rings is 1. The van der Waals surface area contributed by atoms with E-state index in [9.17, 15) is 24.8 Å². The van der Waals surface area contributed by atoms with Crippen molar-refractivity contribution < 1.29 is 29.4 Å². The SMILES string of the molecule is Cc1cc2c(c(OCC(O)CNCCNC(=O)CCCCO[N+](=O)[O-])c1)CCC(=O)N2. The Bertz CT molecular complexity index is 772. The molecular formula is C20H30N4O7. The van der Waals surface area contributed by atoms with Crippen LogP contribution in [0.1, 0.15) is 36.8 Å². The van der Waals surface area contributed by atoms with Crippen LogP contribution >= 0.6 is 0 Å². The number of aliphatic hydroxyl groups is 1. The van der Waals surface area contributed by atoms with E-state index < -0.39 is 11.2 Å². The van der Waals surface area contributed by atoms with Gasteiger partial charge in [-0.1, -0.05) is 0 Å². The number of rotatable bonds is 14. The van der Waals surface area contributed by atoms with Crippen LogP contribution in [0.3, 0.4) is 0 Å². The lowest BCUT2D eigenvalue weighted by Crippen LogP contribution is -2.37. The molecule has 2 amide bonds. The summed E-state index contributed by atoms with van der Waals surface area (Å²) >= 11 is 0. The fraction of sp³-hybridized carbons (Fsp3) is 0.600. The maximum Gasteiger partial charge on any atom is 0.294 e. The summed E-state index contributed by atoms with van der Waals surface area (Å²) < 4.78 is 5.79. The van der Waals surface area contributed by atoms with E-state index in [1.165, 1.54) is 0 Å². The first kappa shape index (κ1) is 24.4. The molecule has 0 aliphatic carbocycles. The van der Waals surface area contributed by atoms with Crippen LogP contribution in [0, 0.1) is 17.0 Å². The number of unbranched alkanes of at least 4 members (excludes halogenated alkanes) is 1. The number of fused-ring (bicyclic) bond motifs is 1. The van der Waals surface area contributed by atoms with E-state index in [-0.39, 0.29) is 31.4 Å². The number of nitrogens with zero attached hydrogens (tertiary/aromatic N) is 1. The van der Waals surface area contributed by atoms with Gasteiger partial charge in [0.25, 0.3) is 5.09 Å². The van der Waals surface area contributed by atoms with Crippen LogP contribution in [0.4, 0.5) is 5.69 Å². The Morgan fingerprint density at radius 3 is 2.90 bits per heavy atom. The number of amides is 2. The molecule has 1 heterocycles. The second kappa shape index (κ2) is 12.7. The molecule has 172 valence electrons. The number of ether oxygens (including phenoxy) is 1. The number of hydrogen-bond acceptors (Lipinski definition) is 8. The van der Waals surface area contributed by atoms with Crippen LogP contribution < -0.4 is 20.7 Å². The largest absolute Gasteiger partial charge is 0.490 e. The molecule has 31 heavy (non-hydrogen) atoms. The Hall–Kier alpha value is -2.92. The number of hydrogen-bond donors (Lipinski definition) is 4. The standard InChI is InChI=1S/C20H30N4O7/c1-14-10-17-16(5-6-20(27)23-17)18(11-14)30-13-15(25)12-21-7-8-22-19(26)4-2-3-9-31-24(28)29/h10-11,15,21,25H,2-9,12-13H2,1H3,(H,22,26)(H,23,27). The molecule has 0 saturated carbocycles. The number of aryl methyl sites for hydroxylation is 1. The minimum atomic E-state index is -0.848. The summed E-state index contributed by atoms with van der Waals surface area (Å²) in [6, 6.07) is 3.81. The molecule has 11 nitrogen and oxygen atoms in total. The average molecular weight is 438 g/mol. The third kappa shape index (κ3) is 9.18. The van der Waals surface area contributed by atoms with Gasteiger partial charge in [-0.05, 0) is 43.9 Å². The minimum Gasteiger partial charge on any atom is -0.490 e.